The Hall–Kier alpha value is -2.87. The molecule has 1 N–H and O–H groups in total. The van der Waals surface area contributed by atoms with E-state index in [1.54, 1.807) is 24.0 Å². The highest BCUT2D eigenvalue weighted by Crippen LogP contribution is 2.20. The molecule has 34 heavy (non-hydrogen) atoms. The second kappa shape index (κ2) is 13.1. The predicted molar refractivity (Wildman–Crippen MR) is 137 cm³/mol. The quantitative estimate of drug-likeness (QED) is 0.469. The Bertz CT molecular complexity index is 1020. The molecule has 0 aliphatic carbocycles. The first kappa shape index (κ1) is 27.4. The lowest BCUT2D eigenvalue weighted by molar-refractivity contribution is -0.139. The predicted octanol–water partition coefficient (Wildman–Crippen LogP) is 3.39. The summed E-state index contributed by atoms with van der Waals surface area (Å²) in [5, 5.41) is 2.78. The third-order valence-electron chi connectivity index (χ3n) is 5.79. The van der Waals surface area contributed by atoms with Crippen LogP contribution in [-0.2, 0) is 32.5 Å². The first-order valence-corrected chi connectivity index (χ1v) is 13.7. The van der Waals surface area contributed by atoms with Gasteiger partial charge in [0.05, 0.1) is 11.9 Å². The van der Waals surface area contributed by atoms with Crippen molar-refractivity contribution in [2.75, 3.05) is 30.2 Å². The zero-order valence-corrected chi connectivity index (χ0v) is 21.5. The van der Waals surface area contributed by atoms with Crippen molar-refractivity contribution < 1.29 is 18.0 Å². The Morgan fingerprint density at radius 2 is 1.59 bits per heavy atom. The van der Waals surface area contributed by atoms with Gasteiger partial charge in [0, 0.05) is 26.1 Å². The van der Waals surface area contributed by atoms with Gasteiger partial charge in [0.25, 0.3) is 0 Å². The van der Waals surface area contributed by atoms with Gasteiger partial charge in [-0.05, 0) is 56.4 Å². The molecule has 2 aromatic rings. The molecule has 0 fully saturated rings. The van der Waals surface area contributed by atoms with Crippen LogP contribution < -0.4 is 9.62 Å². The molecule has 0 aliphatic rings. The number of benzene rings is 2. The molecule has 2 rings (SSSR count). The molecule has 2 aromatic carbocycles. The Morgan fingerprint density at radius 1 is 0.941 bits per heavy atom. The van der Waals surface area contributed by atoms with Crippen LogP contribution in [0.1, 0.15) is 44.7 Å². The smallest absolute Gasteiger partial charge is 0.242 e. The van der Waals surface area contributed by atoms with E-state index < -0.39 is 16.1 Å². The summed E-state index contributed by atoms with van der Waals surface area (Å²) >= 11 is 0. The lowest BCUT2D eigenvalue weighted by Gasteiger charge is -2.29. The number of hydrogen-bond acceptors (Lipinski definition) is 4. The Balaban J connectivity index is 2.08. The summed E-state index contributed by atoms with van der Waals surface area (Å²) in [5.74, 6) is -0.359. The minimum atomic E-state index is -3.49. The van der Waals surface area contributed by atoms with Crippen LogP contribution in [0, 0.1) is 0 Å². The molecule has 0 spiro atoms. The molecule has 2 amide bonds. The molecule has 0 saturated carbocycles. The number of anilines is 1. The van der Waals surface area contributed by atoms with Gasteiger partial charge in [-0.2, -0.15) is 0 Å². The van der Waals surface area contributed by atoms with Gasteiger partial charge in [0.2, 0.25) is 21.8 Å². The van der Waals surface area contributed by atoms with Gasteiger partial charge in [0.1, 0.15) is 6.04 Å². The number of amides is 2. The standard InChI is InChI=1S/C26H37N3O4S/c1-5-22-14-16-24(17-15-22)29(34(4,32)33)19-10-13-25(30)28(21(3)26(31)27-6-2)20-18-23-11-8-7-9-12-23/h7-9,11-12,14-17,21H,5-6,10,13,18-20H2,1-4H3,(H,27,31). The molecule has 8 heteroatoms. The minimum absolute atomic E-state index is 0.150. The summed E-state index contributed by atoms with van der Waals surface area (Å²) in [5.41, 5.74) is 2.80. The van der Waals surface area contributed by atoms with Gasteiger partial charge in [0.15, 0.2) is 0 Å². The Kier molecular flexibility index (Phi) is 10.6. The Labute approximate surface area is 204 Å². The zero-order valence-electron chi connectivity index (χ0n) is 20.7. The van der Waals surface area contributed by atoms with E-state index in [1.165, 1.54) is 10.6 Å². The summed E-state index contributed by atoms with van der Waals surface area (Å²) in [7, 11) is -3.49. The fraction of sp³-hybridized carbons (Fsp3) is 0.462. The average Bonchev–Trinajstić information content (AvgIpc) is 2.82. The molecule has 0 heterocycles. The molecular weight excluding hydrogens is 450 g/mol. The van der Waals surface area contributed by atoms with Crippen LogP contribution in [0.25, 0.3) is 0 Å². The van der Waals surface area contributed by atoms with Crippen molar-refractivity contribution in [2.45, 2.75) is 52.5 Å². The van der Waals surface area contributed by atoms with Gasteiger partial charge in [-0.3, -0.25) is 13.9 Å². The minimum Gasteiger partial charge on any atom is -0.355 e. The molecule has 0 saturated heterocycles. The molecule has 0 aliphatic heterocycles. The summed E-state index contributed by atoms with van der Waals surface area (Å²) in [6.07, 6.45) is 3.18. The molecule has 1 unspecified atom stereocenters. The maximum Gasteiger partial charge on any atom is 0.242 e. The lowest BCUT2D eigenvalue weighted by Crippen LogP contribution is -2.48. The van der Waals surface area contributed by atoms with E-state index in [0.717, 1.165) is 17.5 Å². The third-order valence-corrected chi connectivity index (χ3v) is 6.98. The van der Waals surface area contributed by atoms with Crippen LogP contribution in [-0.4, -0.2) is 57.1 Å². The number of nitrogens with zero attached hydrogens (tertiary/aromatic N) is 2. The molecule has 1 atom stereocenters. The van der Waals surface area contributed by atoms with Crippen molar-refractivity contribution in [2.24, 2.45) is 0 Å². The molecule has 0 radical (unpaired) electrons. The van der Waals surface area contributed by atoms with Crippen LogP contribution >= 0.6 is 0 Å². The second-order valence-electron chi connectivity index (χ2n) is 8.35. The van der Waals surface area contributed by atoms with Gasteiger partial charge in [-0.15, -0.1) is 0 Å². The Morgan fingerprint density at radius 3 is 2.15 bits per heavy atom. The average molecular weight is 488 g/mol. The van der Waals surface area contributed by atoms with Crippen molar-refractivity contribution in [3.8, 4) is 0 Å². The number of carbonyl (C=O) groups is 2. The topological polar surface area (TPSA) is 86.8 Å². The van der Waals surface area contributed by atoms with Crippen LogP contribution in [0.4, 0.5) is 5.69 Å². The molecule has 0 aromatic heterocycles. The number of aryl methyl sites for hydroxylation is 1. The van der Waals surface area contributed by atoms with Crippen LogP contribution in [0.2, 0.25) is 0 Å². The van der Waals surface area contributed by atoms with E-state index in [4.69, 9.17) is 0 Å². The molecule has 0 bridgehead atoms. The summed E-state index contributed by atoms with van der Waals surface area (Å²) < 4.78 is 26.1. The fourth-order valence-electron chi connectivity index (χ4n) is 3.79. The molecule has 186 valence electrons. The molecule has 7 nitrogen and oxygen atoms in total. The summed E-state index contributed by atoms with van der Waals surface area (Å²) in [6.45, 7) is 6.71. The third kappa shape index (κ3) is 8.17. The normalized spacial score (nSPS) is 12.1. The first-order chi connectivity index (χ1) is 16.2. The van der Waals surface area contributed by atoms with Gasteiger partial charge in [-0.1, -0.05) is 49.4 Å². The number of sulfonamides is 1. The van der Waals surface area contributed by atoms with Crippen LogP contribution in [0.15, 0.2) is 54.6 Å². The highest BCUT2D eigenvalue weighted by molar-refractivity contribution is 7.92. The van der Waals surface area contributed by atoms with E-state index in [1.807, 2.05) is 56.3 Å². The number of nitrogens with one attached hydrogen (secondary N) is 1. The maximum absolute atomic E-state index is 13.1. The monoisotopic (exact) mass is 487 g/mol. The number of hydrogen-bond donors (Lipinski definition) is 1. The number of carbonyl (C=O) groups excluding carboxylic acids is 2. The van der Waals surface area contributed by atoms with Crippen LogP contribution in [0.5, 0.6) is 0 Å². The van der Waals surface area contributed by atoms with Crippen molar-refractivity contribution in [3.05, 3.63) is 65.7 Å². The van der Waals surface area contributed by atoms with E-state index in [2.05, 4.69) is 5.32 Å². The summed E-state index contributed by atoms with van der Waals surface area (Å²) in [4.78, 5) is 27.2. The zero-order chi connectivity index (χ0) is 25.1. The highest BCUT2D eigenvalue weighted by atomic mass is 32.2. The lowest BCUT2D eigenvalue weighted by atomic mass is 10.1. The van der Waals surface area contributed by atoms with E-state index in [0.29, 0.717) is 31.6 Å². The highest BCUT2D eigenvalue weighted by Gasteiger charge is 2.26. The van der Waals surface area contributed by atoms with Crippen molar-refractivity contribution in [3.63, 3.8) is 0 Å². The molecular formula is C26H37N3O4S. The van der Waals surface area contributed by atoms with Gasteiger partial charge >= 0.3 is 0 Å². The van der Waals surface area contributed by atoms with Gasteiger partial charge < -0.3 is 10.2 Å². The fourth-order valence-corrected chi connectivity index (χ4v) is 4.76. The van der Waals surface area contributed by atoms with E-state index in [-0.39, 0.29) is 24.8 Å². The van der Waals surface area contributed by atoms with Crippen molar-refractivity contribution >= 4 is 27.5 Å². The second-order valence-corrected chi connectivity index (χ2v) is 10.3. The summed E-state index contributed by atoms with van der Waals surface area (Å²) in [6, 6.07) is 16.6. The van der Waals surface area contributed by atoms with E-state index in [9.17, 15) is 18.0 Å². The van der Waals surface area contributed by atoms with Crippen molar-refractivity contribution in [1.82, 2.24) is 10.2 Å². The first-order valence-electron chi connectivity index (χ1n) is 11.8. The number of likely N-dealkylation sites (N-methyl/N-ethyl adjacent to an activating group) is 1. The van der Waals surface area contributed by atoms with E-state index >= 15 is 0 Å². The number of rotatable bonds is 13. The maximum atomic E-state index is 13.1. The van der Waals surface area contributed by atoms with Gasteiger partial charge in [-0.25, -0.2) is 8.42 Å². The SMILES string of the molecule is CCNC(=O)C(C)N(CCc1ccccc1)C(=O)CCCN(c1ccc(CC)cc1)S(C)(=O)=O. The van der Waals surface area contributed by atoms with Crippen molar-refractivity contribution in [1.29, 1.82) is 0 Å². The van der Waals surface area contributed by atoms with Crippen LogP contribution in [0.3, 0.4) is 0 Å². The largest absolute Gasteiger partial charge is 0.355 e.